The molecular formula is C22H29Na2O8P. The van der Waals surface area contributed by atoms with Gasteiger partial charge in [0.05, 0.1) is 20.0 Å². The van der Waals surface area contributed by atoms with Crippen LogP contribution < -0.4 is 68.9 Å². The Morgan fingerprint density at radius 1 is 1.33 bits per heavy atom. The monoisotopic (exact) mass is 498 g/mol. The molecule has 0 radical (unpaired) electrons. The van der Waals surface area contributed by atoms with E-state index in [1.165, 1.54) is 6.92 Å². The molecule has 0 aromatic carbocycles. The normalized spacial score (nSPS) is 34.0. The molecule has 2 fully saturated rings. The molecule has 1 aliphatic heterocycles. The van der Waals surface area contributed by atoms with Gasteiger partial charge >= 0.3 is 71.1 Å². The van der Waals surface area contributed by atoms with Gasteiger partial charge in [0, 0.05) is 18.3 Å². The Labute approximate surface area is 239 Å². The van der Waals surface area contributed by atoms with Gasteiger partial charge in [-0.25, -0.2) is 4.79 Å². The van der Waals surface area contributed by atoms with Crippen LogP contribution >= 0.6 is 7.82 Å². The Bertz CT molecular complexity index is 882. The second-order valence-corrected chi connectivity index (χ2v) is 10.4. The van der Waals surface area contributed by atoms with E-state index >= 15 is 0 Å². The molecule has 172 valence electrons. The van der Waals surface area contributed by atoms with Gasteiger partial charge < -0.3 is 28.3 Å². The van der Waals surface area contributed by atoms with Crippen molar-refractivity contribution in [3.05, 3.63) is 36.0 Å². The number of fused-ring (bicyclic) bond motifs is 1. The van der Waals surface area contributed by atoms with Crippen LogP contribution in [0.1, 0.15) is 46.5 Å². The van der Waals surface area contributed by atoms with Crippen molar-refractivity contribution in [1.82, 2.24) is 0 Å². The third kappa shape index (κ3) is 6.94. The predicted molar refractivity (Wildman–Crippen MR) is 108 cm³/mol. The predicted octanol–water partition coefficient (Wildman–Crippen LogP) is -3.80. The van der Waals surface area contributed by atoms with Gasteiger partial charge in [-0.05, 0) is 43.1 Å². The summed E-state index contributed by atoms with van der Waals surface area (Å²) in [5.41, 5.74) is 0.298. The molecule has 2 saturated carbocycles. The fourth-order valence-corrected chi connectivity index (χ4v) is 6.21. The Morgan fingerprint density at radius 2 is 2.00 bits per heavy atom. The third-order valence-corrected chi connectivity index (χ3v) is 7.69. The minimum Gasteiger partial charge on any atom is -0.790 e. The van der Waals surface area contributed by atoms with E-state index < -0.39 is 25.3 Å². The van der Waals surface area contributed by atoms with E-state index in [4.69, 9.17) is 14.0 Å². The van der Waals surface area contributed by atoms with Crippen molar-refractivity contribution in [3.63, 3.8) is 0 Å². The molecule has 2 unspecified atom stereocenters. The average molecular weight is 498 g/mol. The van der Waals surface area contributed by atoms with Gasteiger partial charge in [0.1, 0.15) is 12.7 Å². The van der Waals surface area contributed by atoms with E-state index in [0.29, 0.717) is 31.3 Å². The first kappa shape index (κ1) is 31.3. The molecule has 0 saturated heterocycles. The molecule has 2 aliphatic carbocycles. The van der Waals surface area contributed by atoms with Crippen molar-refractivity contribution in [3.8, 4) is 0 Å². The van der Waals surface area contributed by atoms with E-state index in [1.807, 2.05) is 13.0 Å². The number of allylic oxidation sites excluding steroid dienone is 2. The third-order valence-electron chi connectivity index (χ3n) is 7.24. The number of rotatable bonds is 6. The zero-order valence-corrected chi connectivity index (χ0v) is 25.0. The number of carbonyl (C=O) groups excluding carboxylic acids is 2. The standard InChI is InChI=1S/C22H31O8P.2Na/c1-14-5-8-18-21(3,17(14)7-6-16-10-12-28-20(16)24)11-9-19(30-15(2)23)22(18,4)13-29-31(25,26)27;;/h6-7,10,17-19H,1,5,8-9,11-13H2,2-4H3,(H2,25,26,27);;/q;2*+1/p-2/b7-6+;;/t17?,18?,19-,21-,22+;;/m1../s1. The molecule has 8 nitrogen and oxygen atoms in total. The largest absolute Gasteiger partial charge is 1.00 e. The van der Waals surface area contributed by atoms with Crippen molar-refractivity contribution in [2.75, 3.05) is 13.2 Å². The van der Waals surface area contributed by atoms with Crippen LogP contribution in [-0.2, 0) is 28.2 Å². The Hall–Kier alpha value is 0.270. The zero-order chi connectivity index (χ0) is 23.0. The van der Waals surface area contributed by atoms with Crippen molar-refractivity contribution in [2.45, 2.75) is 52.6 Å². The fraction of sp³-hybridized carbons (Fsp3) is 0.636. The molecule has 0 aromatic rings. The van der Waals surface area contributed by atoms with Crippen LogP contribution in [0.5, 0.6) is 0 Å². The van der Waals surface area contributed by atoms with Crippen LogP contribution in [0.25, 0.3) is 0 Å². The molecule has 3 aliphatic rings. The Balaban J connectivity index is 0.00000272. The first-order valence-corrected chi connectivity index (χ1v) is 11.9. The summed E-state index contributed by atoms with van der Waals surface area (Å²) < 4.78 is 26.5. The van der Waals surface area contributed by atoms with Crippen LogP contribution in [0.15, 0.2) is 36.0 Å². The summed E-state index contributed by atoms with van der Waals surface area (Å²) in [6, 6.07) is 0. The van der Waals surface area contributed by atoms with Gasteiger partial charge in [-0.15, -0.1) is 0 Å². The zero-order valence-electron chi connectivity index (χ0n) is 20.1. The second kappa shape index (κ2) is 12.0. The Kier molecular flexibility index (Phi) is 11.4. The first-order chi connectivity index (χ1) is 14.4. The summed E-state index contributed by atoms with van der Waals surface area (Å²) in [4.78, 5) is 46.0. The fourth-order valence-electron chi connectivity index (χ4n) is 5.78. The van der Waals surface area contributed by atoms with Gasteiger partial charge in [-0.3, -0.25) is 4.79 Å². The molecule has 3 rings (SSSR count). The Morgan fingerprint density at radius 3 is 2.55 bits per heavy atom. The molecule has 5 atom stereocenters. The van der Waals surface area contributed by atoms with Gasteiger partial charge in [-0.2, -0.15) is 0 Å². The summed E-state index contributed by atoms with van der Waals surface area (Å²) >= 11 is 0. The van der Waals surface area contributed by atoms with Crippen LogP contribution in [0.4, 0.5) is 0 Å². The molecule has 33 heavy (non-hydrogen) atoms. The van der Waals surface area contributed by atoms with E-state index in [1.54, 1.807) is 12.2 Å². The van der Waals surface area contributed by atoms with Crippen molar-refractivity contribution >= 4 is 19.8 Å². The van der Waals surface area contributed by atoms with Gasteiger partial charge in [0.15, 0.2) is 0 Å². The number of phosphoric ester groups is 1. The van der Waals surface area contributed by atoms with Gasteiger partial charge in [-0.1, -0.05) is 38.2 Å². The number of hydrogen-bond acceptors (Lipinski definition) is 8. The minimum absolute atomic E-state index is 0. The molecule has 0 spiro atoms. The van der Waals surface area contributed by atoms with Crippen LogP contribution in [-0.4, -0.2) is 31.3 Å². The second-order valence-electron chi connectivity index (χ2n) is 9.21. The molecule has 0 N–H and O–H groups in total. The maximum absolute atomic E-state index is 11.8. The molecule has 11 heteroatoms. The molecular weight excluding hydrogens is 469 g/mol. The van der Waals surface area contributed by atoms with Gasteiger partial charge in [0.25, 0.3) is 0 Å². The summed E-state index contributed by atoms with van der Waals surface area (Å²) in [6.07, 6.45) is 7.46. The van der Waals surface area contributed by atoms with Gasteiger partial charge in [0.2, 0.25) is 0 Å². The van der Waals surface area contributed by atoms with E-state index in [-0.39, 0.29) is 95.5 Å². The number of carbonyl (C=O) groups is 2. The number of phosphoric acid groups is 1. The number of hydrogen-bond donors (Lipinski definition) is 0. The molecule has 0 amide bonds. The molecule has 1 heterocycles. The van der Waals surface area contributed by atoms with Crippen molar-refractivity contribution in [2.24, 2.45) is 22.7 Å². The summed E-state index contributed by atoms with van der Waals surface area (Å²) in [5, 5.41) is 0. The summed E-state index contributed by atoms with van der Waals surface area (Å²) in [5.74, 6) is -1.01. The topological polar surface area (TPSA) is 125 Å². The van der Waals surface area contributed by atoms with Crippen LogP contribution in [0.3, 0.4) is 0 Å². The van der Waals surface area contributed by atoms with Crippen LogP contribution in [0, 0.1) is 22.7 Å². The summed E-state index contributed by atoms with van der Waals surface area (Å²) in [7, 11) is -5.20. The van der Waals surface area contributed by atoms with E-state index in [2.05, 4.69) is 13.5 Å². The average Bonchev–Trinajstić information content (AvgIpc) is 3.06. The maximum atomic E-state index is 11.8. The number of cyclic esters (lactones) is 1. The maximum Gasteiger partial charge on any atom is 1.00 e. The molecule has 0 bridgehead atoms. The first-order valence-electron chi connectivity index (χ1n) is 10.4. The molecule has 0 aromatic heterocycles. The van der Waals surface area contributed by atoms with E-state index in [9.17, 15) is 23.9 Å². The van der Waals surface area contributed by atoms with Crippen molar-refractivity contribution < 1.29 is 97.1 Å². The number of ether oxygens (including phenoxy) is 2. The van der Waals surface area contributed by atoms with E-state index in [0.717, 1.165) is 5.57 Å². The van der Waals surface area contributed by atoms with Crippen molar-refractivity contribution in [1.29, 1.82) is 0 Å². The summed E-state index contributed by atoms with van der Waals surface area (Å²) in [6.45, 7) is 9.39. The minimum atomic E-state index is -5.20. The SMILES string of the molecule is C=C1CCC2[C@](C)(CC[C@@H](OC(C)=O)[C@@]2(C)COP(=O)([O-])[O-])C1/C=C/C1=CCOC1=O.[Na+].[Na+]. The van der Waals surface area contributed by atoms with Crippen LogP contribution in [0.2, 0.25) is 0 Å². The number of esters is 2. The smallest absolute Gasteiger partial charge is 0.790 e. The quantitative estimate of drug-likeness (QED) is 0.158.